The average molecular weight is 499 g/mol. The van der Waals surface area contributed by atoms with Crippen LogP contribution in [0, 0.1) is 5.92 Å². The van der Waals surface area contributed by atoms with Gasteiger partial charge in [-0.3, -0.25) is 9.69 Å². The Morgan fingerprint density at radius 3 is 2.63 bits per heavy atom. The molecular weight excluding hydrogens is 464 g/mol. The third-order valence-electron chi connectivity index (χ3n) is 6.20. The van der Waals surface area contributed by atoms with E-state index in [1.54, 1.807) is 23.9 Å². The van der Waals surface area contributed by atoms with Gasteiger partial charge in [-0.25, -0.2) is 4.99 Å². The molecule has 1 atom stereocenters. The van der Waals surface area contributed by atoms with Gasteiger partial charge in [0.15, 0.2) is 0 Å². The number of piperazine rings is 1. The number of nitrogens with two attached hydrogens (primary N) is 1. The number of hydrogen-bond donors (Lipinski definition) is 2. The summed E-state index contributed by atoms with van der Waals surface area (Å²) in [4.78, 5) is 23.6. The second-order valence-electron chi connectivity index (χ2n) is 9.06. The summed E-state index contributed by atoms with van der Waals surface area (Å²) < 4.78 is 10.8. The Morgan fingerprint density at radius 2 is 1.86 bits per heavy atom. The zero-order chi connectivity index (χ0) is 24.8. The summed E-state index contributed by atoms with van der Waals surface area (Å²) in [5.74, 6) is 0.914. The lowest BCUT2D eigenvalue weighted by Gasteiger charge is -2.36. The van der Waals surface area contributed by atoms with E-state index < -0.39 is 6.04 Å². The van der Waals surface area contributed by atoms with Crippen molar-refractivity contribution in [2.75, 3.05) is 52.5 Å². The van der Waals surface area contributed by atoms with Gasteiger partial charge in [0, 0.05) is 48.1 Å². The molecule has 0 spiro atoms. The van der Waals surface area contributed by atoms with Crippen LogP contribution in [0.4, 0.5) is 5.69 Å². The molecule has 0 aromatic heterocycles. The Balaban J connectivity index is 1.27. The maximum absolute atomic E-state index is 11.8. The number of benzene rings is 2. The number of fused-ring (bicyclic) bond motifs is 2. The fourth-order valence-corrected chi connectivity index (χ4v) is 5.05. The molecule has 0 radical (unpaired) electrons. The van der Waals surface area contributed by atoms with Crippen molar-refractivity contribution in [2.45, 2.75) is 29.7 Å². The summed E-state index contributed by atoms with van der Waals surface area (Å²) in [6, 6.07) is 13.1. The molecule has 2 aliphatic rings. The van der Waals surface area contributed by atoms with Crippen molar-refractivity contribution >= 4 is 29.3 Å². The van der Waals surface area contributed by atoms with Crippen molar-refractivity contribution in [3.05, 3.63) is 48.0 Å². The minimum absolute atomic E-state index is 0.0569. The molecule has 4 rings (SSSR count). The Morgan fingerprint density at radius 1 is 1.09 bits per heavy atom. The molecule has 2 aliphatic heterocycles. The summed E-state index contributed by atoms with van der Waals surface area (Å²) in [6.07, 6.45) is 0. The van der Waals surface area contributed by atoms with Crippen LogP contribution in [0.3, 0.4) is 0 Å². The van der Waals surface area contributed by atoms with Crippen LogP contribution in [-0.2, 0) is 14.3 Å². The molecule has 2 heterocycles. The van der Waals surface area contributed by atoms with E-state index >= 15 is 0 Å². The highest BCUT2D eigenvalue weighted by Gasteiger charge is 2.25. The number of nitrogens with zero attached hydrogens (tertiary/aromatic N) is 3. The van der Waals surface area contributed by atoms with Crippen molar-refractivity contribution in [1.82, 2.24) is 9.80 Å². The predicted octanol–water partition coefficient (Wildman–Crippen LogP) is 3.10. The van der Waals surface area contributed by atoms with E-state index in [9.17, 15) is 9.90 Å². The summed E-state index contributed by atoms with van der Waals surface area (Å²) in [7, 11) is 0. The second kappa shape index (κ2) is 11.9. The molecule has 0 aliphatic carbocycles. The Labute approximate surface area is 211 Å². The van der Waals surface area contributed by atoms with Gasteiger partial charge in [0.2, 0.25) is 0 Å². The first-order valence-electron chi connectivity index (χ1n) is 12.1. The van der Waals surface area contributed by atoms with Gasteiger partial charge in [-0.2, -0.15) is 0 Å². The summed E-state index contributed by atoms with van der Waals surface area (Å²) in [5.41, 5.74) is 7.78. The van der Waals surface area contributed by atoms with Crippen molar-refractivity contribution in [2.24, 2.45) is 16.6 Å². The number of ether oxygens (including phenoxy) is 2. The van der Waals surface area contributed by atoms with Crippen molar-refractivity contribution < 1.29 is 19.4 Å². The van der Waals surface area contributed by atoms with Crippen LogP contribution < -0.4 is 5.73 Å². The summed E-state index contributed by atoms with van der Waals surface area (Å²) in [5, 5.41) is 9.94. The van der Waals surface area contributed by atoms with Crippen LogP contribution in [-0.4, -0.2) is 85.3 Å². The fourth-order valence-electron chi connectivity index (χ4n) is 4.00. The SMILES string of the molecule is CC(C)[C@H](N)C(=O)OCCOCCN1CCN(C2=Nc3ccc(O)cc3Sc3ccccc32)CC1. The first kappa shape index (κ1) is 25.5. The quantitative estimate of drug-likeness (QED) is 0.423. The van der Waals surface area contributed by atoms with Gasteiger partial charge in [-0.15, -0.1) is 0 Å². The third kappa shape index (κ3) is 6.55. The van der Waals surface area contributed by atoms with E-state index in [4.69, 9.17) is 20.2 Å². The molecular formula is C26H34N4O4S. The molecule has 0 unspecified atom stereocenters. The van der Waals surface area contributed by atoms with Crippen LogP contribution in [0.5, 0.6) is 5.75 Å². The molecule has 1 fully saturated rings. The normalized spacial score (nSPS) is 16.8. The fraction of sp³-hybridized carbons (Fsp3) is 0.462. The van der Waals surface area contributed by atoms with Gasteiger partial charge in [0.25, 0.3) is 0 Å². The lowest BCUT2D eigenvalue weighted by Crippen LogP contribution is -2.49. The maximum Gasteiger partial charge on any atom is 0.323 e. The first-order valence-corrected chi connectivity index (χ1v) is 12.9. The number of phenolic OH excluding ortho intramolecular Hbond substituents is 1. The van der Waals surface area contributed by atoms with Crippen molar-refractivity contribution in [3.63, 3.8) is 0 Å². The molecule has 188 valence electrons. The van der Waals surface area contributed by atoms with Gasteiger partial charge in [0.1, 0.15) is 24.2 Å². The Kier molecular flexibility index (Phi) is 8.67. The molecule has 35 heavy (non-hydrogen) atoms. The van der Waals surface area contributed by atoms with Crippen LogP contribution in [0.25, 0.3) is 0 Å². The third-order valence-corrected chi connectivity index (χ3v) is 7.33. The topological polar surface area (TPSA) is 101 Å². The van der Waals surface area contributed by atoms with Crippen LogP contribution in [0.1, 0.15) is 19.4 Å². The minimum Gasteiger partial charge on any atom is -0.508 e. The summed E-state index contributed by atoms with van der Waals surface area (Å²) in [6.45, 7) is 9.38. The largest absolute Gasteiger partial charge is 0.508 e. The van der Waals surface area contributed by atoms with Crippen molar-refractivity contribution in [1.29, 1.82) is 0 Å². The van der Waals surface area contributed by atoms with Gasteiger partial charge in [0.05, 0.1) is 18.9 Å². The lowest BCUT2D eigenvalue weighted by atomic mass is 10.1. The molecule has 0 saturated carbocycles. The van der Waals surface area contributed by atoms with Crippen LogP contribution in [0.2, 0.25) is 0 Å². The molecule has 3 N–H and O–H groups in total. The molecule has 0 amide bonds. The highest BCUT2D eigenvalue weighted by molar-refractivity contribution is 7.99. The standard InChI is InChI=1S/C26H34N4O4S/c1-18(2)24(27)26(32)34-16-15-33-14-13-29-9-11-30(12-10-29)25-20-5-3-4-6-22(20)35-23-17-19(31)7-8-21(23)28-25/h3-8,17-18,24,31H,9-16,27H2,1-2H3/t24-/m0/s1. The molecule has 2 aromatic carbocycles. The van der Waals surface area contributed by atoms with E-state index in [1.165, 1.54) is 0 Å². The number of aromatic hydroxyl groups is 1. The number of phenols is 1. The van der Waals surface area contributed by atoms with Gasteiger partial charge in [-0.1, -0.05) is 43.8 Å². The van der Waals surface area contributed by atoms with E-state index in [1.807, 2.05) is 32.0 Å². The average Bonchev–Trinajstić information content (AvgIpc) is 3.02. The highest BCUT2D eigenvalue weighted by Crippen LogP contribution is 2.42. The second-order valence-corrected chi connectivity index (χ2v) is 10.1. The zero-order valence-corrected chi connectivity index (χ0v) is 21.2. The number of amidine groups is 1. The van der Waals surface area contributed by atoms with E-state index in [0.717, 1.165) is 59.6 Å². The van der Waals surface area contributed by atoms with Gasteiger partial charge < -0.3 is 25.2 Å². The molecule has 2 aromatic rings. The Bertz CT molecular complexity index is 1050. The number of hydrogen-bond acceptors (Lipinski definition) is 9. The van der Waals surface area contributed by atoms with E-state index in [-0.39, 0.29) is 24.2 Å². The van der Waals surface area contributed by atoms with Crippen LogP contribution in [0.15, 0.2) is 57.2 Å². The van der Waals surface area contributed by atoms with E-state index in [0.29, 0.717) is 13.2 Å². The molecule has 9 heteroatoms. The van der Waals surface area contributed by atoms with E-state index in [2.05, 4.69) is 21.9 Å². The molecule has 8 nitrogen and oxygen atoms in total. The number of esters is 1. The number of aliphatic imine (C=N–C) groups is 1. The molecule has 1 saturated heterocycles. The molecule has 0 bridgehead atoms. The highest BCUT2D eigenvalue weighted by atomic mass is 32.2. The number of carbonyl (C=O) groups excluding carboxylic acids is 1. The number of rotatable bonds is 8. The smallest absolute Gasteiger partial charge is 0.323 e. The monoisotopic (exact) mass is 498 g/mol. The predicted molar refractivity (Wildman–Crippen MR) is 137 cm³/mol. The minimum atomic E-state index is -0.587. The van der Waals surface area contributed by atoms with Crippen LogP contribution >= 0.6 is 11.8 Å². The zero-order valence-electron chi connectivity index (χ0n) is 20.4. The van der Waals surface area contributed by atoms with Gasteiger partial charge >= 0.3 is 5.97 Å². The van der Waals surface area contributed by atoms with Crippen molar-refractivity contribution in [3.8, 4) is 5.75 Å². The Hall–Kier alpha value is -2.59. The number of carbonyl (C=O) groups is 1. The summed E-state index contributed by atoms with van der Waals surface area (Å²) >= 11 is 1.64. The van der Waals surface area contributed by atoms with Gasteiger partial charge in [-0.05, 0) is 30.2 Å². The lowest BCUT2D eigenvalue weighted by molar-refractivity contribution is -0.147. The maximum atomic E-state index is 11.8. The first-order chi connectivity index (χ1) is 16.9.